The first-order valence-electron chi connectivity index (χ1n) is 14.1. The molecule has 0 bridgehead atoms. The molecule has 1 aromatic heterocycles. The number of carbonyl (C=O) groups excluding carboxylic acids is 2. The topological polar surface area (TPSA) is 174 Å². The summed E-state index contributed by atoms with van der Waals surface area (Å²) in [4.78, 5) is 49.7. The molecule has 0 fully saturated rings. The molecular weight excluding hydrogens is 605 g/mol. The fourth-order valence-corrected chi connectivity index (χ4v) is 6.54. The number of aliphatic hydroxyl groups is 1. The van der Waals surface area contributed by atoms with Gasteiger partial charge in [-0.05, 0) is 72.8 Å². The number of aromatic nitrogens is 1. The summed E-state index contributed by atoms with van der Waals surface area (Å²) in [5, 5.41) is 32.3. The van der Waals surface area contributed by atoms with Crippen LogP contribution in [0.25, 0.3) is 10.9 Å². The second-order valence-corrected chi connectivity index (χ2v) is 13.5. The second-order valence-electron chi connectivity index (χ2n) is 11.4. The van der Waals surface area contributed by atoms with Crippen LogP contribution >= 0.6 is 20.2 Å². The Morgan fingerprint density at radius 1 is 0.886 bits per heavy atom. The third kappa shape index (κ3) is 8.84. The summed E-state index contributed by atoms with van der Waals surface area (Å²) >= 11 is 1.08. The molecular formula is C31H38N3O8PS+2. The molecule has 0 saturated heterocycles. The zero-order chi connectivity index (χ0) is 32.6. The first kappa shape index (κ1) is 34.6. The van der Waals surface area contributed by atoms with E-state index >= 15 is 0 Å². The molecule has 0 saturated carbocycles. The Labute approximate surface area is 261 Å². The maximum Gasteiger partial charge on any atom is 0.361 e. The Bertz CT molecular complexity index is 1530. The lowest BCUT2D eigenvalue weighted by Crippen LogP contribution is -2.52. The van der Waals surface area contributed by atoms with Gasteiger partial charge < -0.3 is 20.6 Å². The number of benzene rings is 2. The minimum absolute atomic E-state index is 0.00978. The number of nitrogens with zero attached hydrogens (tertiary/aromatic N) is 1. The highest BCUT2D eigenvalue weighted by atomic mass is 32.2. The van der Waals surface area contributed by atoms with E-state index in [2.05, 4.69) is 10.7 Å². The van der Waals surface area contributed by atoms with Gasteiger partial charge in [0.1, 0.15) is 12.0 Å². The Kier molecular flexibility index (Phi) is 12.0. The summed E-state index contributed by atoms with van der Waals surface area (Å²) in [7, 11) is -1.31. The Hall–Kier alpha value is -3.86. The van der Waals surface area contributed by atoms with Crippen molar-refractivity contribution in [2.75, 3.05) is 11.2 Å². The van der Waals surface area contributed by atoms with Crippen LogP contribution < -0.4 is 15.4 Å². The number of carboxylic acid groups (broad SMARTS) is 2. The fourth-order valence-electron chi connectivity index (χ4n) is 4.69. The molecule has 2 aromatic carbocycles. The van der Waals surface area contributed by atoms with Crippen molar-refractivity contribution in [3.05, 3.63) is 71.8 Å². The largest absolute Gasteiger partial charge is 0.480 e. The van der Waals surface area contributed by atoms with Crippen LogP contribution in [0.2, 0.25) is 0 Å². The third-order valence-electron chi connectivity index (χ3n) is 6.95. The number of rotatable bonds is 15. The number of thioether (sulfide) groups is 1. The number of carboxylic acids is 2. The van der Waals surface area contributed by atoms with E-state index < -0.39 is 49.5 Å². The molecule has 234 valence electrons. The van der Waals surface area contributed by atoms with E-state index in [9.17, 15) is 39.1 Å². The zero-order valence-corrected chi connectivity index (χ0v) is 26.8. The molecule has 13 heteroatoms. The first-order valence-corrected chi connectivity index (χ1v) is 16.0. The highest BCUT2D eigenvalue weighted by Gasteiger charge is 2.50. The molecule has 0 spiro atoms. The van der Waals surface area contributed by atoms with Gasteiger partial charge in [0.05, 0.1) is 11.3 Å². The Morgan fingerprint density at radius 2 is 1.50 bits per heavy atom. The highest BCUT2D eigenvalue weighted by molar-refractivity contribution is 7.99. The van der Waals surface area contributed by atoms with E-state index in [-0.39, 0.29) is 41.6 Å². The van der Waals surface area contributed by atoms with Crippen LogP contribution in [0.4, 0.5) is 0 Å². The normalized spacial score (nSPS) is 14.2. The monoisotopic (exact) mass is 643 g/mol. The molecule has 3 rings (SSSR count). The number of carbonyl (C=O) groups is 4. The Morgan fingerprint density at radius 3 is 2.07 bits per heavy atom. The van der Waals surface area contributed by atoms with E-state index in [1.165, 1.54) is 28.9 Å². The van der Waals surface area contributed by atoms with Gasteiger partial charge in [-0.2, -0.15) is 0 Å². The van der Waals surface area contributed by atoms with E-state index in [1.807, 2.05) is 45.9 Å². The van der Waals surface area contributed by atoms with Gasteiger partial charge in [-0.3, -0.25) is 9.59 Å². The van der Waals surface area contributed by atoms with E-state index in [4.69, 9.17) is 0 Å². The van der Waals surface area contributed by atoms with Gasteiger partial charge in [-0.15, -0.1) is 5.43 Å². The number of para-hydroxylation sites is 1. The molecule has 44 heavy (non-hydrogen) atoms. The van der Waals surface area contributed by atoms with E-state index in [0.29, 0.717) is 10.5 Å². The lowest BCUT2D eigenvalue weighted by molar-refractivity contribution is -0.653. The van der Waals surface area contributed by atoms with Gasteiger partial charge >= 0.3 is 26.3 Å². The van der Waals surface area contributed by atoms with Crippen LogP contribution in [0.15, 0.2) is 65.7 Å². The summed E-state index contributed by atoms with van der Waals surface area (Å²) in [6.07, 6.45) is 0.352. The quantitative estimate of drug-likeness (QED) is 0.0920. The van der Waals surface area contributed by atoms with E-state index in [0.717, 1.165) is 17.1 Å². The minimum atomic E-state index is -2.01. The van der Waals surface area contributed by atoms with Crippen LogP contribution in [0, 0.1) is 17.8 Å². The number of hydrogen-bond donors (Lipinski definition) is 5. The summed E-state index contributed by atoms with van der Waals surface area (Å²) in [5.74, 6) is -4.99. The van der Waals surface area contributed by atoms with Crippen molar-refractivity contribution in [3.8, 4) is 0 Å². The minimum Gasteiger partial charge on any atom is -0.480 e. The van der Waals surface area contributed by atoms with Crippen LogP contribution in [-0.2, 0) is 14.2 Å². The highest BCUT2D eigenvalue weighted by Crippen LogP contribution is 2.38. The molecule has 0 aliphatic rings. The van der Waals surface area contributed by atoms with Crippen LogP contribution in [0.5, 0.6) is 0 Å². The standard InChI is InChI=1S/C31H36N3O8PS/c1-18(2)15-23(28(36)32-24(30(39)40)16-19(3)4)31(41,43-42)17-44-26-14-13-20-7-5-6-8-25(20)34(26)33-27(35)21-9-11-22(12-10-21)29(37)38/h5-14,18-19,23-24,41H,15-17H2,1-4H3,(H3-,32,33,35,36,37,38,39,40)/p+2/t23?,24-,31?/m0/s1. The Balaban J connectivity index is 1.94. The maximum atomic E-state index is 13.4. The first-order chi connectivity index (χ1) is 20.7. The number of nitrogens with one attached hydrogen (secondary N) is 2. The third-order valence-corrected chi connectivity index (χ3v) is 9.28. The fraction of sp³-hybridized carbons (Fsp3) is 0.387. The number of fused-ring (bicyclic) bond motifs is 1. The molecule has 3 aromatic rings. The van der Waals surface area contributed by atoms with Gasteiger partial charge in [0.25, 0.3) is 10.4 Å². The molecule has 0 aliphatic heterocycles. The number of pyridine rings is 1. The van der Waals surface area contributed by atoms with Crippen molar-refractivity contribution >= 4 is 54.9 Å². The number of aromatic carboxylic acids is 1. The van der Waals surface area contributed by atoms with Crippen molar-refractivity contribution in [1.29, 1.82) is 0 Å². The average molecular weight is 644 g/mol. The smallest absolute Gasteiger partial charge is 0.361 e. The van der Waals surface area contributed by atoms with Gasteiger partial charge in [0.2, 0.25) is 11.4 Å². The van der Waals surface area contributed by atoms with Gasteiger partial charge in [0.15, 0.2) is 0 Å². The van der Waals surface area contributed by atoms with Gasteiger partial charge in [0, 0.05) is 23.1 Å². The molecule has 3 unspecified atom stereocenters. The molecule has 0 aliphatic carbocycles. The molecule has 4 atom stereocenters. The summed E-state index contributed by atoms with van der Waals surface area (Å²) < 4.78 is 14.1. The second kappa shape index (κ2) is 15.2. The number of aliphatic carboxylic acids is 1. The summed E-state index contributed by atoms with van der Waals surface area (Å²) in [6, 6.07) is 15.1. The zero-order valence-electron chi connectivity index (χ0n) is 24.9. The van der Waals surface area contributed by atoms with Crippen LogP contribution in [0.1, 0.15) is 61.3 Å². The molecule has 0 radical (unpaired) electrons. The van der Waals surface area contributed by atoms with Crippen molar-refractivity contribution < 1.29 is 43.7 Å². The van der Waals surface area contributed by atoms with Crippen molar-refractivity contribution in [3.63, 3.8) is 0 Å². The van der Waals surface area contributed by atoms with Crippen molar-refractivity contribution in [2.24, 2.45) is 17.8 Å². The van der Waals surface area contributed by atoms with Gasteiger partial charge in [-0.1, -0.05) is 49.1 Å². The predicted molar refractivity (Wildman–Crippen MR) is 168 cm³/mol. The van der Waals surface area contributed by atoms with Gasteiger partial charge in [-0.25, -0.2) is 9.59 Å². The molecule has 5 N–H and O–H groups in total. The number of amides is 2. The summed E-state index contributed by atoms with van der Waals surface area (Å²) in [6.45, 7) is 7.37. The SMILES string of the molecule is CC(C)CC(C(=O)N[C@@H](CC(C)C)C(=O)O)C(O)(CSc1ccc2ccccc2[n+]1NC(=O)c1ccc(C(=O)O)cc1)[PH+]=O. The lowest BCUT2D eigenvalue weighted by Gasteiger charge is -2.27. The van der Waals surface area contributed by atoms with Crippen molar-refractivity contribution in [1.82, 2.24) is 5.32 Å². The average Bonchev–Trinajstić information content (AvgIpc) is 2.98. The lowest BCUT2D eigenvalue weighted by atomic mass is 9.90. The summed E-state index contributed by atoms with van der Waals surface area (Å²) in [5.41, 5.74) is 3.69. The van der Waals surface area contributed by atoms with Crippen LogP contribution in [0.3, 0.4) is 0 Å². The van der Waals surface area contributed by atoms with E-state index in [1.54, 1.807) is 18.2 Å². The van der Waals surface area contributed by atoms with Crippen molar-refractivity contribution in [2.45, 2.75) is 56.9 Å². The van der Waals surface area contributed by atoms with Crippen LogP contribution in [-0.4, -0.2) is 56.2 Å². The predicted octanol–water partition coefficient (Wildman–Crippen LogP) is 4.29. The molecule has 11 nitrogen and oxygen atoms in total. The molecule has 2 amide bonds. The number of hydrogen-bond acceptors (Lipinski definition) is 7. The maximum absolute atomic E-state index is 13.4. The molecule has 1 heterocycles.